The summed E-state index contributed by atoms with van der Waals surface area (Å²) in [5, 5.41) is 11.2. The third kappa shape index (κ3) is 4.70. The lowest BCUT2D eigenvalue weighted by Gasteiger charge is -2.21. The Labute approximate surface area is 139 Å². The number of nitrogens with zero attached hydrogens (tertiary/aromatic N) is 3. The van der Waals surface area contributed by atoms with Crippen molar-refractivity contribution in [2.75, 3.05) is 26.2 Å². The van der Waals surface area contributed by atoms with Crippen LogP contribution in [0.2, 0.25) is 0 Å². The molecular weight excluding hydrogens is 290 g/mol. The van der Waals surface area contributed by atoms with Crippen LogP contribution in [-0.4, -0.2) is 47.6 Å². The molecule has 6 heteroatoms. The van der Waals surface area contributed by atoms with Crippen molar-refractivity contribution in [3.05, 3.63) is 17.0 Å². The van der Waals surface area contributed by atoms with Gasteiger partial charge in [0.1, 0.15) is 0 Å². The smallest absolute Gasteiger partial charge is 0.191 e. The Morgan fingerprint density at radius 3 is 2.74 bits per heavy atom. The number of aryl methyl sites for hydroxylation is 2. The molecule has 1 aromatic heterocycles. The van der Waals surface area contributed by atoms with Crippen LogP contribution in [0.4, 0.5) is 0 Å². The lowest BCUT2D eigenvalue weighted by atomic mass is 10.0. The number of guanidine groups is 1. The summed E-state index contributed by atoms with van der Waals surface area (Å²) in [6, 6.07) is 0. The first kappa shape index (κ1) is 17.8. The second-order valence-corrected chi connectivity index (χ2v) is 6.55. The third-order valence-electron chi connectivity index (χ3n) is 4.54. The summed E-state index contributed by atoms with van der Waals surface area (Å²) in [5.41, 5.74) is 3.57. The highest BCUT2D eigenvalue weighted by Gasteiger charge is 2.29. The summed E-state index contributed by atoms with van der Waals surface area (Å²) in [6.45, 7) is 11.7. The van der Waals surface area contributed by atoms with Crippen LogP contribution in [0.1, 0.15) is 43.6 Å². The summed E-state index contributed by atoms with van der Waals surface area (Å²) < 4.78 is 7.75. The minimum Gasteiger partial charge on any atom is -0.373 e. The molecule has 2 rings (SSSR count). The van der Waals surface area contributed by atoms with Gasteiger partial charge < -0.3 is 15.4 Å². The number of nitrogens with one attached hydrogen (secondary N) is 2. The van der Waals surface area contributed by atoms with E-state index in [0.717, 1.165) is 50.6 Å². The number of rotatable bonds is 6. The van der Waals surface area contributed by atoms with Gasteiger partial charge in [0, 0.05) is 32.4 Å². The molecule has 6 nitrogen and oxygen atoms in total. The lowest BCUT2D eigenvalue weighted by molar-refractivity contribution is 0.0283. The van der Waals surface area contributed by atoms with Gasteiger partial charge in [-0.2, -0.15) is 5.10 Å². The highest BCUT2D eigenvalue weighted by atomic mass is 16.5. The van der Waals surface area contributed by atoms with Crippen LogP contribution in [0.3, 0.4) is 0 Å². The van der Waals surface area contributed by atoms with Gasteiger partial charge in [0.15, 0.2) is 5.96 Å². The van der Waals surface area contributed by atoms with Crippen molar-refractivity contribution in [1.82, 2.24) is 20.4 Å². The fourth-order valence-corrected chi connectivity index (χ4v) is 3.03. The van der Waals surface area contributed by atoms with Crippen molar-refractivity contribution in [3.63, 3.8) is 0 Å². The topological polar surface area (TPSA) is 63.5 Å². The van der Waals surface area contributed by atoms with Gasteiger partial charge in [-0.1, -0.05) is 0 Å². The summed E-state index contributed by atoms with van der Waals surface area (Å²) in [5.74, 6) is 0.864. The van der Waals surface area contributed by atoms with E-state index in [4.69, 9.17) is 9.73 Å². The molecule has 1 unspecified atom stereocenters. The van der Waals surface area contributed by atoms with Crippen LogP contribution < -0.4 is 10.6 Å². The van der Waals surface area contributed by atoms with Gasteiger partial charge >= 0.3 is 0 Å². The van der Waals surface area contributed by atoms with E-state index in [1.165, 1.54) is 11.3 Å². The normalized spacial score (nSPS) is 21.7. The molecule has 0 bridgehead atoms. The predicted molar refractivity (Wildman–Crippen MR) is 94.0 cm³/mol. The molecule has 1 aliphatic rings. The standard InChI is InChI=1S/C17H31N5O/c1-6-18-16(20-12-17(4)9-7-11-23-17)19-10-8-15-13(2)21-22(5)14(15)3/h6-12H2,1-5H3,(H2,18,19,20). The molecule has 1 fully saturated rings. The number of aliphatic imine (C=N–C) groups is 1. The number of ether oxygens (including phenoxy) is 1. The van der Waals surface area contributed by atoms with Crippen LogP contribution >= 0.6 is 0 Å². The van der Waals surface area contributed by atoms with Crippen LogP contribution in [0.5, 0.6) is 0 Å². The van der Waals surface area contributed by atoms with Crippen molar-refractivity contribution in [2.45, 2.75) is 52.6 Å². The van der Waals surface area contributed by atoms with E-state index in [0.29, 0.717) is 6.54 Å². The van der Waals surface area contributed by atoms with E-state index in [-0.39, 0.29) is 5.60 Å². The first-order valence-electron chi connectivity index (χ1n) is 8.60. The molecule has 0 radical (unpaired) electrons. The molecule has 130 valence electrons. The summed E-state index contributed by atoms with van der Waals surface area (Å²) in [6.07, 6.45) is 3.17. The Morgan fingerprint density at radius 1 is 1.39 bits per heavy atom. The molecule has 0 saturated carbocycles. The van der Waals surface area contributed by atoms with E-state index in [1.807, 2.05) is 11.7 Å². The zero-order chi connectivity index (χ0) is 16.9. The maximum absolute atomic E-state index is 5.80. The Balaban J connectivity index is 1.89. The molecule has 23 heavy (non-hydrogen) atoms. The van der Waals surface area contributed by atoms with Gasteiger partial charge in [-0.25, -0.2) is 0 Å². The molecule has 2 N–H and O–H groups in total. The van der Waals surface area contributed by atoms with Crippen molar-refractivity contribution >= 4 is 5.96 Å². The van der Waals surface area contributed by atoms with Crippen molar-refractivity contribution < 1.29 is 4.74 Å². The fraction of sp³-hybridized carbons (Fsp3) is 0.765. The summed E-state index contributed by atoms with van der Waals surface area (Å²) >= 11 is 0. The Bertz CT molecular complexity index is 543. The molecule has 1 aromatic rings. The molecule has 2 heterocycles. The molecule has 0 aromatic carbocycles. The van der Waals surface area contributed by atoms with Crippen LogP contribution in [0.15, 0.2) is 4.99 Å². The minimum atomic E-state index is -0.0983. The maximum Gasteiger partial charge on any atom is 0.191 e. The fourth-order valence-electron chi connectivity index (χ4n) is 3.03. The molecule has 0 aliphatic carbocycles. The predicted octanol–water partition coefficient (Wildman–Crippen LogP) is 1.70. The zero-order valence-corrected chi connectivity index (χ0v) is 15.2. The van der Waals surface area contributed by atoms with Crippen LogP contribution in [0.25, 0.3) is 0 Å². The Kier molecular flexibility index (Phi) is 6.04. The highest BCUT2D eigenvalue weighted by Crippen LogP contribution is 2.24. The first-order valence-corrected chi connectivity index (χ1v) is 8.60. The van der Waals surface area contributed by atoms with Gasteiger partial charge in [0.25, 0.3) is 0 Å². The van der Waals surface area contributed by atoms with E-state index in [9.17, 15) is 0 Å². The van der Waals surface area contributed by atoms with Crippen molar-refractivity contribution in [1.29, 1.82) is 0 Å². The second-order valence-electron chi connectivity index (χ2n) is 6.55. The second kappa shape index (κ2) is 7.81. The van der Waals surface area contributed by atoms with Gasteiger partial charge in [0.2, 0.25) is 0 Å². The van der Waals surface area contributed by atoms with Crippen molar-refractivity contribution in [2.24, 2.45) is 12.0 Å². The quantitative estimate of drug-likeness (QED) is 0.618. The van der Waals surface area contributed by atoms with E-state index >= 15 is 0 Å². The van der Waals surface area contributed by atoms with Gasteiger partial charge in [-0.3, -0.25) is 9.67 Å². The van der Waals surface area contributed by atoms with Gasteiger partial charge in [-0.15, -0.1) is 0 Å². The van der Waals surface area contributed by atoms with Gasteiger partial charge in [0.05, 0.1) is 17.8 Å². The zero-order valence-electron chi connectivity index (χ0n) is 15.2. The highest BCUT2D eigenvalue weighted by molar-refractivity contribution is 5.79. The van der Waals surface area contributed by atoms with E-state index in [2.05, 4.69) is 43.4 Å². The van der Waals surface area contributed by atoms with E-state index < -0.39 is 0 Å². The summed E-state index contributed by atoms with van der Waals surface area (Å²) in [4.78, 5) is 4.70. The van der Waals surface area contributed by atoms with Crippen molar-refractivity contribution in [3.8, 4) is 0 Å². The average Bonchev–Trinajstić information content (AvgIpc) is 3.04. The molecule has 1 saturated heterocycles. The molecule has 0 spiro atoms. The lowest BCUT2D eigenvalue weighted by Crippen LogP contribution is -2.40. The number of aromatic nitrogens is 2. The van der Waals surface area contributed by atoms with Crippen LogP contribution in [-0.2, 0) is 18.2 Å². The first-order chi connectivity index (χ1) is 10.9. The van der Waals surface area contributed by atoms with Gasteiger partial charge in [-0.05, 0) is 52.5 Å². The minimum absolute atomic E-state index is 0.0983. The SMILES string of the molecule is CCNC(=NCC1(C)CCCO1)NCCc1c(C)nn(C)c1C. The average molecular weight is 321 g/mol. The number of hydrogen-bond acceptors (Lipinski definition) is 3. The van der Waals surface area contributed by atoms with E-state index in [1.54, 1.807) is 0 Å². The molecule has 1 atom stereocenters. The number of hydrogen-bond donors (Lipinski definition) is 2. The Morgan fingerprint density at radius 2 is 2.17 bits per heavy atom. The molecule has 1 aliphatic heterocycles. The van der Waals surface area contributed by atoms with Crippen LogP contribution in [0, 0.1) is 13.8 Å². The maximum atomic E-state index is 5.80. The third-order valence-corrected chi connectivity index (χ3v) is 4.54. The monoisotopic (exact) mass is 321 g/mol. The Hall–Kier alpha value is -1.56. The summed E-state index contributed by atoms with van der Waals surface area (Å²) in [7, 11) is 1.99. The largest absolute Gasteiger partial charge is 0.373 e. The molecule has 0 amide bonds. The molecular formula is C17H31N5O.